The fourth-order valence-corrected chi connectivity index (χ4v) is 7.13. The molecule has 0 radical (unpaired) electrons. The SMILES string of the molecule is C=C1C(=O)NC(C)C(=O)NC(CC(C)CC)C(=O)NC(C(=O)O)C(C)C(=O)NC(CC)C(=O)NC(C=CC(C)=CC(C)C(Cc2ccccc2)OC)C(C)C(=O)NC(C(=O)O)CCC(=O)N1C. The summed E-state index contributed by atoms with van der Waals surface area (Å²) < 4.78 is 5.80. The number of rotatable bonds is 13. The van der Waals surface area contributed by atoms with Crippen molar-refractivity contribution >= 4 is 53.3 Å². The molecular weight excluding hydrogens is 867 g/mol. The fraction of sp³-hybridized carbons (Fsp3) is 0.562. The highest BCUT2D eigenvalue weighted by molar-refractivity contribution is 6.00. The predicted molar refractivity (Wildman–Crippen MR) is 249 cm³/mol. The summed E-state index contributed by atoms with van der Waals surface area (Å²) in [7, 11) is 2.85. The van der Waals surface area contributed by atoms with Gasteiger partial charge in [-0.05, 0) is 51.0 Å². The van der Waals surface area contributed by atoms with Crippen molar-refractivity contribution in [2.24, 2.45) is 23.7 Å². The Morgan fingerprint density at radius 2 is 1.42 bits per heavy atom. The number of carboxylic acid groups (broad SMARTS) is 2. The van der Waals surface area contributed by atoms with E-state index in [4.69, 9.17) is 4.74 Å². The monoisotopic (exact) mass is 938 g/mol. The number of ether oxygens (including phenoxy) is 1. The second-order valence-electron chi connectivity index (χ2n) is 17.3. The van der Waals surface area contributed by atoms with Gasteiger partial charge in [-0.25, -0.2) is 9.59 Å². The van der Waals surface area contributed by atoms with Gasteiger partial charge in [-0.1, -0.05) is 109 Å². The second-order valence-corrected chi connectivity index (χ2v) is 17.3. The summed E-state index contributed by atoms with van der Waals surface area (Å²) >= 11 is 0. The van der Waals surface area contributed by atoms with Crippen LogP contribution in [0.1, 0.15) is 93.1 Å². The topological polar surface area (TPSA) is 279 Å². The van der Waals surface area contributed by atoms with Crippen LogP contribution in [-0.4, -0.2) is 125 Å². The molecule has 2 rings (SSSR count). The number of benzene rings is 1. The molecule has 1 heterocycles. The van der Waals surface area contributed by atoms with E-state index >= 15 is 0 Å². The van der Waals surface area contributed by atoms with Crippen LogP contribution in [-0.2, 0) is 54.3 Å². The lowest BCUT2D eigenvalue weighted by Crippen LogP contribution is -2.59. The van der Waals surface area contributed by atoms with Crippen molar-refractivity contribution in [2.45, 2.75) is 136 Å². The maximum atomic E-state index is 14.0. The minimum atomic E-state index is -1.82. The summed E-state index contributed by atoms with van der Waals surface area (Å²) in [4.78, 5) is 121. The quantitative estimate of drug-likeness (QED) is 0.105. The predicted octanol–water partition coefficient (Wildman–Crippen LogP) is 2.36. The molecule has 370 valence electrons. The molecule has 1 aliphatic rings. The number of hydrogen-bond donors (Lipinski definition) is 8. The van der Waals surface area contributed by atoms with Gasteiger partial charge in [0, 0.05) is 26.5 Å². The first kappa shape index (κ1) is 56.8. The Hall–Kier alpha value is -6.37. The van der Waals surface area contributed by atoms with Gasteiger partial charge in [-0.3, -0.25) is 33.6 Å². The third-order valence-electron chi connectivity index (χ3n) is 12.1. The van der Waals surface area contributed by atoms with Gasteiger partial charge in [0.15, 0.2) is 0 Å². The number of carboxylic acids is 2. The van der Waals surface area contributed by atoms with Crippen LogP contribution in [0.5, 0.6) is 0 Å². The Labute approximate surface area is 393 Å². The van der Waals surface area contributed by atoms with Crippen molar-refractivity contribution in [3.05, 3.63) is 72.0 Å². The van der Waals surface area contributed by atoms with Crippen molar-refractivity contribution in [1.82, 2.24) is 36.8 Å². The highest BCUT2D eigenvalue weighted by atomic mass is 16.5. The molecule has 67 heavy (non-hydrogen) atoms. The molecule has 0 saturated carbocycles. The molecule has 19 nitrogen and oxygen atoms in total. The van der Waals surface area contributed by atoms with Crippen LogP contribution in [0.15, 0.2) is 66.4 Å². The average Bonchev–Trinajstić information content (AvgIpc) is 3.29. The van der Waals surface area contributed by atoms with Crippen molar-refractivity contribution in [3.8, 4) is 0 Å². The van der Waals surface area contributed by atoms with E-state index in [1.54, 1.807) is 26.2 Å². The van der Waals surface area contributed by atoms with Crippen LogP contribution >= 0.6 is 0 Å². The lowest BCUT2D eigenvalue weighted by atomic mass is 9.94. The minimum absolute atomic E-state index is 0.00931. The Morgan fingerprint density at radius 1 is 0.821 bits per heavy atom. The summed E-state index contributed by atoms with van der Waals surface area (Å²) in [5.74, 6) is -11.8. The summed E-state index contributed by atoms with van der Waals surface area (Å²) in [5.41, 5.74) is 1.43. The van der Waals surface area contributed by atoms with Crippen molar-refractivity contribution in [1.29, 1.82) is 0 Å². The van der Waals surface area contributed by atoms with Gasteiger partial charge in [0.2, 0.25) is 35.4 Å². The van der Waals surface area contributed by atoms with E-state index in [1.165, 1.54) is 27.8 Å². The first-order valence-corrected chi connectivity index (χ1v) is 22.6. The van der Waals surface area contributed by atoms with Crippen LogP contribution in [0.2, 0.25) is 0 Å². The van der Waals surface area contributed by atoms with Gasteiger partial charge in [0.1, 0.15) is 35.9 Å². The first-order valence-electron chi connectivity index (χ1n) is 22.6. The molecule has 0 aliphatic carbocycles. The molecule has 1 fully saturated rings. The minimum Gasteiger partial charge on any atom is -0.480 e. The maximum absolute atomic E-state index is 14.0. The van der Waals surface area contributed by atoms with Crippen LogP contribution in [0.4, 0.5) is 0 Å². The molecule has 7 amide bonds. The van der Waals surface area contributed by atoms with Crippen molar-refractivity contribution in [2.75, 3.05) is 14.2 Å². The van der Waals surface area contributed by atoms with Crippen LogP contribution < -0.4 is 31.9 Å². The number of amides is 7. The summed E-state index contributed by atoms with van der Waals surface area (Å²) in [6.45, 7) is 16.7. The van der Waals surface area contributed by atoms with Crippen LogP contribution in [0, 0.1) is 23.7 Å². The van der Waals surface area contributed by atoms with Gasteiger partial charge >= 0.3 is 11.9 Å². The highest BCUT2D eigenvalue weighted by Crippen LogP contribution is 2.19. The number of likely N-dealkylation sites (N-methyl/N-ethyl adjacent to an activating group) is 1. The molecule has 11 atom stereocenters. The van der Waals surface area contributed by atoms with E-state index in [0.717, 1.165) is 16.0 Å². The maximum Gasteiger partial charge on any atom is 0.327 e. The van der Waals surface area contributed by atoms with Gasteiger partial charge < -0.3 is 51.8 Å². The Balaban J connectivity index is 2.63. The first-order chi connectivity index (χ1) is 31.4. The number of nitrogens with one attached hydrogen (secondary N) is 6. The largest absolute Gasteiger partial charge is 0.480 e. The lowest BCUT2D eigenvalue weighted by molar-refractivity contribution is -0.146. The summed E-state index contributed by atoms with van der Waals surface area (Å²) in [6.07, 6.45) is 5.44. The number of carbonyl (C=O) groups is 9. The van der Waals surface area contributed by atoms with Crippen LogP contribution in [0.3, 0.4) is 0 Å². The molecule has 1 aromatic carbocycles. The Morgan fingerprint density at radius 3 is 1.99 bits per heavy atom. The van der Waals surface area contributed by atoms with E-state index in [-0.39, 0.29) is 30.8 Å². The second kappa shape index (κ2) is 27.3. The molecule has 0 spiro atoms. The molecular formula is C48H71N7O12. The smallest absolute Gasteiger partial charge is 0.327 e. The zero-order chi connectivity index (χ0) is 50.7. The Bertz CT molecular complexity index is 2010. The fourth-order valence-electron chi connectivity index (χ4n) is 7.13. The summed E-state index contributed by atoms with van der Waals surface area (Å²) in [5, 5.41) is 35.4. The third-order valence-corrected chi connectivity index (χ3v) is 12.1. The number of hydrogen-bond acceptors (Lipinski definition) is 10. The highest BCUT2D eigenvalue weighted by Gasteiger charge is 2.37. The van der Waals surface area contributed by atoms with Gasteiger partial charge in [-0.2, -0.15) is 0 Å². The average molecular weight is 938 g/mol. The normalized spacial score (nSPS) is 26.7. The number of methoxy groups -OCH3 is 1. The number of aliphatic carboxylic acids is 2. The lowest BCUT2D eigenvalue weighted by Gasteiger charge is -2.28. The van der Waals surface area contributed by atoms with Gasteiger partial charge in [0.05, 0.1) is 24.0 Å². The number of allylic oxidation sites excluding steroid dienone is 2. The molecule has 19 heteroatoms. The molecule has 11 unspecified atom stereocenters. The van der Waals surface area contributed by atoms with E-state index < -0.39 is 120 Å². The van der Waals surface area contributed by atoms with E-state index in [0.29, 0.717) is 12.8 Å². The summed E-state index contributed by atoms with van der Waals surface area (Å²) in [6, 6.07) is 1.42. The van der Waals surface area contributed by atoms with Gasteiger partial charge in [-0.15, -0.1) is 0 Å². The van der Waals surface area contributed by atoms with Crippen molar-refractivity contribution in [3.63, 3.8) is 0 Å². The van der Waals surface area contributed by atoms with E-state index in [1.807, 2.05) is 64.1 Å². The van der Waals surface area contributed by atoms with Crippen LogP contribution in [0.25, 0.3) is 0 Å². The van der Waals surface area contributed by atoms with E-state index in [9.17, 15) is 53.4 Å². The number of carbonyl (C=O) groups excluding carboxylic acids is 7. The molecule has 1 aliphatic heterocycles. The molecule has 0 bridgehead atoms. The third kappa shape index (κ3) is 17.7. The molecule has 8 N–H and O–H groups in total. The van der Waals surface area contributed by atoms with E-state index in [2.05, 4.69) is 38.5 Å². The standard InChI is InChI=1S/C48H71N7O12/c1-12-26(3)24-37-46(62)54-40(48(65)66)30(7)42(58)50-34(13-2)45(61)51-35(20-19-27(4)23-28(5)38(67-11)25-33-17-15-14-16-18-33)29(6)41(57)52-36(47(63)64)21-22-39(56)55(10)32(9)44(60)49-31(8)43(59)53-37/h14-20,23,26,28-31,34-38,40H,9,12-13,21-22,24-25H2,1-8,10-11H3,(H,49,60)(H,50,58)(H,51,61)(H,52,57)(H,53,59)(H,54,62)(H,63,64)(H,65,66). The van der Waals surface area contributed by atoms with Crippen molar-refractivity contribution < 1.29 is 58.1 Å². The molecule has 1 aromatic rings. The van der Waals surface area contributed by atoms with Gasteiger partial charge in [0.25, 0.3) is 5.91 Å². The Kier molecular flexibility index (Phi) is 23.1. The molecule has 1 saturated heterocycles. The zero-order valence-corrected chi connectivity index (χ0v) is 40.3. The molecule has 0 aromatic heterocycles. The zero-order valence-electron chi connectivity index (χ0n) is 40.3. The number of nitrogens with zero attached hydrogens (tertiary/aromatic N) is 1.